The highest BCUT2D eigenvalue weighted by Gasteiger charge is 2.18. The Bertz CT molecular complexity index is 738. The molecule has 6 heteroatoms. The maximum atomic E-state index is 5.45. The highest BCUT2D eigenvalue weighted by Crippen LogP contribution is 2.33. The molecule has 6 nitrogen and oxygen atoms in total. The van der Waals surface area contributed by atoms with Gasteiger partial charge >= 0.3 is 0 Å². The molecule has 0 fully saturated rings. The lowest BCUT2D eigenvalue weighted by atomic mass is 10.0. The van der Waals surface area contributed by atoms with Gasteiger partial charge in [0.25, 0.3) is 0 Å². The SMILES string of the molecule is COc1cc(C)c(C(C)NCc2c(C)nn(C)c2N(C)C)cc1OC. The summed E-state index contributed by atoms with van der Waals surface area (Å²) in [5, 5.41) is 8.17. The lowest BCUT2D eigenvalue weighted by molar-refractivity contribution is 0.353. The number of nitrogens with zero attached hydrogens (tertiary/aromatic N) is 3. The van der Waals surface area contributed by atoms with Crippen molar-refractivity contribution in [2.24, 2.45) is 7.05 Å². The molecule has 25 heavy (non-hydrogen) atoms. The van der Waals surface area contributed by atoms with Crippen LogP contribution in [0.5, 0.6) is 11.5 Å². The molecule has 0 saturated heterocycles. The first kappa shape index (κ1) is 19.1. The highest BCUT2D eigenvalue weighted by molar-refractivity contribution is 5.50. The number of anilines is 1. The highest BCUT2D eigenvalue weighted by atomic mass is 16.5. The molecule has 1 heterocycles. The second-order valence-electron chi connectivity index (χ2n) is 6.57. The second-order valence-corrected chi connectivity index (χ2v) is 6.57. The molecule has 0 aliphatic carbocycles. The molecule has 0 aliphatic heterocycles. The average Bonchev–Trinajstić information content (AvgIpc) is 2.85. The van der Waals surface area contributed by atoms with Crippen LogP contribution in [0, 0.1) is 13.8 Å². The summed E-state index contributed by atoms with van der Waals surface area (Å²) in [6.07, 6.45) is 0. The van der Waals surface area contributed by atoms with Crippen molar-refractivity contribution < 1.29 is 9.47 Å². The van der Waals surface area contributed by atoms with Crippen LogP contribution in [0.4, 0.5) is 5.82 Å². The Morgan fingerprint density at radius 1 is 1.16 bits per heavy atom. The van der Waals surface area contributed by atoms with Crippen molar-refractivity contribution in [3.63, 3.8) is 0 Å². The zero-order valence-corrected chi connectivity index (χ0v) is 16.6. The van der Waals surface area contributed by atoms with Gasteiger partial charge in [0.2, 0.25) is 0 Å². The Kier molecular flexibility index (Phi) is 5.95. The fourth-order valence-electron chi connectivity index (χ4n) is 3.28. The van der Waals surface area contributed by atoms with Crippen LogP contribution in [0.2, 0.25) is 0 Å². The quantitative estimate of drug-likeness (QED) is 0.835. The van der Waals surface area contributed by atoms with E-state index in [1.807, 2.05) is 31.9 Å². The van der Waals surface area contributed by atoms with Crippen LogP contribution in [0.1, 0.15) is 35.3 Å². The topological polar surface area (TPSA) is 51.5 Å². The van der Waals surface area contributed by atoms with Gasteiger partial charge in [0.15, 0.2) is 11.5 Å². The summed E-state index contributed by atoms with van der Waals surface area (Å²) in [7, 11) is 9.39. The third kappa shape index (κ3) is 3.90. The van der Waals surface area contributed by atoms with Crippen LogP contribution < -0.4 is 19.7 Å². The van der Waals surface area contributed by atoms with E-state index in [1.165, 1.54) is 16.7 Å². The van der Waals surface area contributed by atoms with Crippen molar-refractivity contribution >= 4 is 5.82 Å². The van der Waals surface area contributed by atoms with Crippen LogP contribution in [0.3, 0.4) is 0 Å². The van der Waals surface area contributed by atoms with E-state index in [4.69, 9.17) is 9.47 Å². The molecule has 0 radical (unpaired) electrons. The largest absolute Gasteiger partial charge is 0.493 e. The van der Waals surface area contributed by atoms with Crippen molar-refractivity contribution in [2.75, 3.05) is 33.2 Å². The second kappa shape index (κ2) is 7.78. The van der Waals surface area contributed by atoms with E-state index in [0.717, 1.165) is 29.6 Å². The minimum Gasteiger partial charge on any atom is -0.493 e. The number of rotatable bonds is 7. The van der Waals surface area contributed by atoms with E-state index in [9.17, 15) is 0 Å². The molecule has 0 amide bonds. The lowest BCUT2D eigenvalue weighted by Crippen LogP contribution is -2.22. The van der Waals surface area contributed by atoms with Gasteiger partial charge in [-0.3, -0.25) is 4.68 Å². The van der Waals surface area contributed by atoms with Crippen molar-refractivity contribution in [3.05, 3.63) is 34.5 Å². The average molecular weight is 346 g/mol. The fraction of sp³-hybridized carbons (Fsp3) is 0.526. The molecular weight excluding hydrogens is 316 g/mol. The summed E-state index contributed by atoms with van der Waals surface area (Å²) in [6, 6.07) is 4.25. The van der Waals surface area contributed by atoms with Gasteiger partial charge in [-0.2, -0.15) is 5.10 Å². The predicted molar refractivity (Wildman–Crippen MR) is 102 cm³/mol. The Morgan fingerprint density at radius 3 is 2.32 bits per heavy atom. The minimum absolute atomic E-state index is 0.175. The molecule has 0 aliphatic rings. The molecule has 1 atom stereocenters. The van der Waals surface area contributed by atoms with Gasteiger partial charge in [0.05, 0.1) is 19.9 Å². The van der Waals surface area contributed by atoms with Gasteiger partial charge in [0.1, 0.15) is 5.82 Å². The van der Waals surface area contributed by atoms with Crippen molar-refractivity contribution in [1.29, 1.82) is 0 Å². The Morgan fingerprint density at radius 2 is 1.76 bits per heavy atom. The third-order valence-corrected chi connectivity index (χ3v) is 4.56. The van der Waals surface area contributed by atoms with Gasteiger partial charge in [-0.1, -0.05) is 0 Å². The van der Waals surface area contributed by atoms with E-state index >= 15 is 0 Å². The van der Waals surface area contributed by atoms with Crippen LogP contribution in [-0.2, 0) is 13.6 Å². The van der Waals surface area contributed by atoms with Crippen molar-refractivity contribution in [3.8, 4) is 11.5 Å². The summed E-state index contributed by atoms with van der Waals surface area (Å²) in [4.78, 5) is 2.10. The van der Waals surface area contributed by atoms with Gasteiger partial charge in [0, 0.05) is 39.3 Å². The number of hydrogen-bond donors (Lipinski definition) is 1. The van der Waals surface area contributed by atoms with E-state index < -0.39 is 0 Å². The monoisotopic (exact) mass is 346 g/mol. The first-order valence-electron chi connectivity index (χ1n) is 8.45. The Labute approximate surface area is 150 Å². The number of nitrogens with one attached hydrogen (secondary N) is 1. The van der Waals surface area contributed by atoms with Gasteiger partial charge in [-0.25, -0.2) is 0 Å². The molecule has 138 valence electrons. The number of hydrogen-bond acceptors (Lipinski definition) is 5. The summed E-state index contributed by atoms with van der Waals surface area (Å²) >= 11 is 0. The Hall–Kier alpha value is -2.21. The summed E-state index contributed by atoms with van der Waals surface area (Å²) in [5.74, 6) is 2.64. The van der Waals surface area contributed by atoms with Gasteiger partial charge < -0.3 is 19.7 Å². The molecule has 1 N–H and O–H groups in total. The van der Waals surface area contributed by atoms with E-state index in [2.05, 4.69) is 42.2 Å². The van der Waals surface area contributed by atoms with Crippen molar-refractivity contribution in [2.45, 2.75) is 33.4 Å². The maximum Gasteiger partial charge on any atom is 0.161 e. The zero-order valence-electron chi connectivity index (χ0n) is 16.6. The predicted octanol–water partition coefficient (Wildman–Crippen LogP) is 2.97. The third-order valence-electron chi connectivity index (χ3n) is 4.56. The number of ether oxygens (including phenoxy) is 2. The standard InChI is InChI=1S/C19H30N4O2/c1-12-9-17(24-7)18(25-8)10-15(12)13(2)20-11-16-14(3)21-23(6)19(16)22(4)5/h9-10,13,20H,11H2,1-8H3. The first-order chi connectivity index (χ1) is 11.8. The normalized spacial score (nSPS) is 12.2. The molecule has 1 aromatic heterocycles. The first-order valence-corrected chi connectivity index (χ1v) is 8.45. The molecule has 2 aromatic rings. The summed E-state index contributed by atoms with van der Waals surface area (Å²) < 4.78 is 12.8. The van der Waals surface area contributed by atoms with Crippen LogP contribution >= 0.6 is 0 Å². The molecule has 1 unspecified atom stereocenters. The van der Waals surface area contributed by atoms with E-state index in [-0.39, 0.29) is 6.04 Å². The minimum atomic E-state index is 0.175. The molecule has 0 spiro atoms. The molecular formula is C19H30N4O2. The van der Waals surface area contributed by atoms with Gasteiger partial charge in [-0.05, 0) is 44.0 Å². The number of aromatic nitrogens is 2. The summed E-state index contributed by atoms with van der Waals surface area (Å²) in [5.41, 5.74) is 4.64. The molecule has 1 aromatic carbocycles. The smallest absolute Gasteiger partial charge is 0.161 e. The number of aryl methyl sites for hydroxylation is 3. The zero-order chi connectivity index (χ0) is 18.7. The number of benzene rings is 1. The summed E-state index contributed by atoms with van der Waals surface area (Å²) in [6.45, 7) is 7.06. The molecule has 0 saturated carbocycles. The number of methoxy groups -OCH3 is 2. The van der Waals surface area contributed by atoms with E-state index in [0.29, 0.717) is 0 Å². The fourth-order valence-corrected chi connectivity index (χ4v) is 3.28. The maximum absolute atomic E-state index is 5.45. The molecule has 0 bridgehead atoms. The van der Waals surface area contributed by atoms with Crippen molar-refractivity contribution in [1.82, 2.24) is 15.1 Å². The Balaban J connectivity index is 2.23. The van der Waals surface area contributed by atoms with E-state index in [1.54, 1.807) is 14.2 Å². The van der Waals surface area contributed by atoms with Crippen LogP contribution in [0.25, 0.3) is 0 Å². The van der Waals surface area contributed by atoms with Gasteiger partial charge in [-0.15, -0.1) is 0 Å². The van der Waals surface area contributed by atoms with Crippen LogP contribution in [0.15, 0.2) is 12.1 Å². The van der Waals surface area contributed by atoms with Crippen LogP contribution in [-0.4, -0.2) is 38.1 Å². The molecule has 2 rings (SSSR count). The lowest BCUT2D eigenvalue weighted by Gasteiger charge is -2.20.